The standard InChI is InChI=1S/C39H57NO6Si/c1-38(2,3)47(8,9)46-25-24-40(5)32-18-14-30(15-19-32)12-10-11-13-36-35-23-22-34(45-29-42-7)26-37(35)43-27-39(36,4)31-16-20-33(21-17-31)44-28-41-6/h14-23,26,36H,10-13,24-25,27-29H2,1-9H3. The molecule has 1 aliphatic rings. The maximum atomic E-state index is 6.42. The Morgan fingerprint density at radius 2 is 1.51 bits per heavy atom. The van der Waals surface area contributed by atoms with Crippen molar-refractivity contribution in [1.82, 2.24) is 0 Å². The first kappa shape index (κ1) is 36.8. The fraction of sp³-hybridized carbons (Fsp3) is 0.538. The van der Waals surface area contributed by atoms with Gasteiger partial charge < -0.3 is 33.0 Å². The zero-order chi connectivity index (χ0) is 34.1. The predicted octanol–water partition coefficient (Wildman–Crippen LogP) is 8.96. The van der Waals surface area contributed by atoms with Gasteiger partial charge in [0.05, 0.1) is 13.2 Å². The summed E-state index contributed by atoms with van der Waals surface area (Å²) < 4.78 is 34.4. The van der Waals surface area contributed by atoms with Crippen LogP contribution in [0.1, 0.15) is 69.6 Å². The minimum absolute atomic E-state index is 0.192. The van der Waals surface area contributed by atoms with E-state index in [-0.39, 0.29) is 30.0 Å². The second kappa shape index (κ2) is 16.4. The number of fused-ring (bicyclic) bond motifs is 1. The third kappa shape index (κ3) is 9.53. The second-order valence-electron chi connectivity index (χ2n) is 14.5. The van der Waals surface area contributed by atoms with Crippen molar-refractivity contribution in [2.24, 2.45) is 0 Å². The highest BCUT2D eigenvalue weighted by Gasteiger charge is 2.42. The lowest BCUT2D eigenvalue weighted by Gasteiger charge is -2.43. The van der Waals surface area contributed by atoms with E-state index < -0.39 is 8.32 Å². The highest BCUT2D eigenvalue weighted by Crippen LogP contribution is 2.50. The van der Waals surface area contributed by atoms with Crippen LogP contribution in [0.15, 0.2) is 66.7 Å². The molecule has 0 aliphatic carbocycles. The number of aryl methyl sites for hydroxylation is 1. The Bertz CT molecular complexity index is 1390. The number of benzene rings is 3. The van der Waals surface area contributed by atoms with Gasteiger partial charge in [0.1, 0.15) is 17.2 Å². The van der Waals surface area contributed by atoms with Crippen molar-refractivity contribution in [3.8, 4) is 17.2 Å². The van der Waals surface area contributed by atoms with Crippen molar-refractivity contribution in [3.05, 3.63) is 83.4 Å². The van der Waals surface area contributed by atoms with E-state index in [1.165, 1.54) is 22.4 Å². The fourth-order valence-corrected chi connectivity index (χ4v) is 7.05. The summed E-state index contributed by atoms with van der Waals surface area (Å²) in [7, 11) is 3.68. The summed E-state index contributed by atoms with van der Waals surface area (Å²) in [5.41, 5.74) is 4.89. The highest BCUT2D eigenvalue weighted by atomic mass is 28.4. The second-order valence-corrected chi connectivity index (χ2v) is 19.3. The molecule has 0 spiro atoms. The number of unbranched alkanes of at least 4 members (excludes halogenated alkanes) is 1. The Hall–Kier alpha value is -3.04. The number of hydrogen-bond acceptors (Lipinski definition) is 7. The predicted molar refractivity (Wildman–Crippen MR) is 194 cm³/mol. The van der Waals surface area contributed by atoms with E-state index in [1.807, 2.05) is 24.3 Å². The molecule has 1 heterocycles. The monoisotopic (exact) mass is 663 g/mol. The lowest BCUT2D eigenvalue weighted by molar-refractivity contribution is 0.0505. The molecular weight excluding hydrogens is 607 g/mol. The summed E-state index contributed by atoms with van der Waals surface area (Å²) >= 11 is 0. The number of methoxy groups -OCH3 is 2. The molecule has 8 heteroatoms. The highest BCUT2D eigenvalue weighted by molar-refractivity contribution is 6.74. The van der Waals surface area contributed by atoms with Crippen LogP contribution in [-0.4, -0.2) is 62.9 Å². The molecule has 0 bridgehead atoms. The van der Waals surface area contributed by atoms with Gasteiger partial charge in [-0.2, -0.15) is 0 Å². The number of ether oxygens (including phenoxy) is 5. The van der Waals surface area contributed by atoms with Crippen LogP contribution in [0, 0.1) is 0 Å². The van der Waals surface area contributed by atoms with Crippen molar-refractivity contribution < 1.29 is 28.1 Å². The van der Waals surface area contributed by atoms with Crippen molar-refractivity contribution in [2.45, 2.75) is 82.8 Å². The number of likely N-dealkylation sites (N-methyl/N-ethyl adjacent to an activating group) is 1. The average Bonchev–Trinajstić information content (AvgIpc) is 3.05. The molecular formula is C39H57NO6Si. The molecule has 3 aromatic rings. The van der Waals surface area contributed by atoms with Crippen LogP contribution >= 0.6 is 0 Å². The maximum absolute atomic E-state index is 6.42. The van der Waals surface area contributed by atoms with Gasteiger partial charge in [-0.3, -0.25) is 0 Å². The molecule has 0 saturated carbocycles. The van der Waals surface area contributed by atoms with Crippen molar-refractivity contribution in [2.75, 3.05) is 59.5 Å². The van der Waals surface area contributed by atoms with E-state index in [1.54, 1.807) is 14.2 Å². The normalized spacial score (nSPS) is 17.9. The summed E-state index contributed by atoms with van der Waals surface area (Å²) in [5, 5.41) is 0.230. The molecule has 0 saturated heterocycles. The van der Waals surface area contributed by atoms with E-state index in [4.69, 9.17) is 28.1 Å². The number of anilines is 1. The van der Waals surface area contributed by atoms with E-state index in [9.17, 15) is 0 Å². The van der Waals surface area contributed by atoms with Gasteiger partial charge in [-0.25, -0.2) is 0 Å². The summed E-state index contributed by atoms with van der Waals surface area (Å²) in [6.45, 7) is 16.5. The molecule has 4 rings (SSSR count). The zero-order valence-corrected chi connectivity index (χ0v) is 31.2. The lowest BCUT2D eigenvalue weighted by atomic mass is 9.66. The van der Waals surface area contributed by atoms with Crippen molar-refractivity contribution in [3.63, 3.8) is 0 Å². The third-order valence-corrected chi connectivity index (χ3v) is 14.7. The van der Waals surface area contributed by atoms with E-state index in [0.717, 1.165) is 56.1 Å². The Balaban J connectivity index is 1.39. The minimum Gasteiger partial charge on any atom is -0.492 e. The molecule has 0 amide bonds. The van der Waals surface area contributed by atoms with E-state index >= 15 is 0 Å². The Labute approximate surface area is 284 Å². The van der Waals surface area contributed by atoms with Gasteiger partial charge in [-0.15, -0.1) is 0 Å². The topological polar surface area (TPSA) is 58.6 Å². The van der Waals surface area contributed by atoms with Gasteiger partial charge in [0.25, 0.3) is 0 Å². The van der Waals surface area contributed by atoms with E-state index in [2.05, 4.69) is 95.2 Å². The van der Waals surface area contributed by atoms with Crippen LogP contribution in [0.4, 0.5) is 5.69 Å². The summed E-state index contributed by atoms with van der Waals surface area (Å²) in [6, 6.07) is 23.6. The Morgan fingerprint density at radius 1 is 0.872 bits per heavy atom. The Kier molecular flexibility index (Phi) is 12.8. The largest absolute Gasteiger partial charge is 0.492 e. The van der Waals surface area contributed by atoms with Crippen molar-refractivity contribution >= 4 is 14.0 Å². The molecule has 2 atom stereocenters. The number of hydrogen-bond donors (Lipinski definition) is 0. The van der Waals surface area contributed by atoms with Crippen molar-refractivity contribution in [1.29, 1.82) is 0 Å². The van der Waals surface area contributed by atoms with Gasteiger partial charge in [0.2, 0.25) is 0 Å². The molecule has 0 N–H and O–H groups in total. The van der Waals surface area contributed by atoms with E-state index in [0.29, 0.717) is 6.61 Å². The van der Waals surface area contributed by atoms with Gasteiger partial charge in [0.15, 0.2) is 21.9 Å². The van der Waals surface area contributed by atoms with Crippen LogP contribution in [-0.2, 0) is 25.7 Å². The van der Waals surface area contributed by atoms with Gasteiger partial charge in [-0.05, 0) is 84.4 Å². The van der Waals surface area contributed by atoms with Gasteiger partial charge >= 0.3 is 0 Å². The fourth-order valence-electron chi connectivity index (χ4n) is 6.01. The summed E-state index contributed by atoms with van der Waals surface area (Å²) in [4.78, 5) is 2.29. The van der Waals surface area contributed by atoms with Crippen LogP contribution < -0.4 is 19.1 Å². The van der Waals surface area contributed by atoms with Gasteiger partial charge in [-0.1, -0.05) is 64.4 Å². The first-order chi connectivity index (χ1) is 22.4. The lowest BCUT2D eigenvalue weighted by Crippen LogP contribution is -2.42. The first-order valence-electron chi connectivity index (χ1n) is 16.9. The minimum atomic E-state index is -1.73. The molecule has 258 valence electrons. The SMILES string of the molecule is COCOc1ccc(C2(C)COc3cc(OCOC)ccc3C2CCCCc2ccc(N(C)CCO[Si](C)(C)C(C)(C)C)cc2)cc1. The van der Waals surface area contributed by atoms with Crippen LogP contribution in [0.5, 0.6) is 17.2 Å². The summed E-state index contributed by atoms with van der Waals surface area (Å²) in [6.07, 6.45) is 4.35. The van der Waals surface area contributed by atoms with Gasteiger partial charge in [0, 0.05) is 50.9 Å². The quantitative estimate of drug-likeness (QED) is 0.0812. The smallest absolute Gasteiger partial charge is 0.192 e. The molecule has 2 unspecified atom stereocenters. The molecule has 7 nitrogen and oxygen atoms in total. The summed E-state index contributed by atoms with van der Waals surface area (Å²) in [5.74, 6) is 2.74. The molecule has 0 aromatic heterocycles. The Morgan fingerprint density at radius 3 is 2.15 bits per heavy atom. The van der Waals surface area contributed by atoms with Crippen LogP contribution in [0.2, 0.25) is 18.1 Å². The third-order valence-electron chi connectivity index (χ3n) is 10.1. The van der Waals surface area contributed by atoms with Crippen LogP contribution in [0.3, 0.4) is 0 Å². The maximum Gasteiger partial charge on any atom is 0.192 e. The number of nitrogens with zero attached hydrogens (tertiary/aromatic N) is 1. The average molecular weight is 664 g/mol. The van der Waals surface area contributed by atoms with Crippen LogP contribution in [0.25, 0.3) is 0 Å². The molecule has 3 aromatic carbocycles. The molecule has 0 radical (unpaired) electrons. The molecule has 47 heavy (non-hydrogen) atoms. The molecule has 0 fully saturated rings. The molecule has 1 aliphatic heterocycles. The zero-order valence-electron chi connectivity index (χ0n) is 30.2. The first-order valence-corrected chi connectivity index (χ1v) is 19.8. The number of rotatable bonds is 17.